The number of carbonyl (C=O) groups is 1. The number of hydrogen-bond donors (Lipinski definition) is 0. The van der Waals surface area contributed by atoms with E-state index in [-0.39, 0.29) is 23.3 Å². The molecule has 2 rings (SSSR count). The maximum absolute atomic E-state index is 11.9. The van der Waals surface area contributed by atoms with E-state index in [1.807, 2.05) is 0 Å². The van der Waals surface area contributed by atoms with Crippen LogP contribution in [0, 0.1) is 10.1 Å². The predicted molar refractivity (Wildman–Crippen MR) is 59.5 cm³/mol. The topological polar surface area (TPSA) is 77.3 Å². The molecule has 0 fully saturated rings. The lowest BCUT2D eigenvalue weighted by atomic mass is 10.3. The average Bonchev–Trinajstić information content (AvgIpc) is 2.32. The first-order valence-corrected chi connectivity index (χ1v) is 4.96. The third kappa shape index (κ3) is 2.10. The summed E-state index contributed by atoms with van der Waals surface area (Å²) < 4.78 is 5.88. The molecule has 0 aliphatic heterocycles. The quantitative estimate of drug-likeness (QED) is 0.573. The monoisotopic (exact) mass is 234 g/mol. The molecule has 0 spiro atoms. The molecule has 1 aromatic carbocycles. The summed E-state index contributed by atoms with van der Waals surface area (Å²) in [6.07, 6.45) is 1.11. The Morgan fingerprint density at radius 2 is 2.18 bits per heavy atom. The lowest BCUT2D eigenvalue weighted by Crippen LogP contribution is -2.20. The second kappa shape index (κ2) is 4.25. The normalized spacial score (nSPS) is 10.4. The average molecular weight is 234 g/mol. The van der Waals surface area contributed by atoms with Crippen molar-refractivity contribution in [3.63, 3.8) is 0 Å². The lowest BCUT2D eigenvalue weighted by molar-refractivity contribution is -0.465. The van der Waals surface area contributed by atoms with Gasteiger partial charge in [0, 0.05) is 17.9 Å². The molecule has 0 amide bonds. The summed E-state index contributed by atoms with van der Waals surface area (Å²) in [5.74, 6) is -0.504. The molecule has 0 N–H and O–H groups in total. The molecule has 2 aromatic rings. The molecule has 0 aliphatic carbocycles. The van der Waals surface area contributed by atoms with Crippen molar-refractivity contribution in [2.24, 2.45) is 0 Å². The summed E-state index contributed by atoms with van der Waals surface area (Å²) >= 11 is 0. The van der Waals surface area contributed by atoms with Crippen LogP contribution in [-0.4, -0.2) is 10.7 Å². The van der Waals surface area contributed by atoms with E-state index in [4.69, 9.17) is 4.74 Å². The summed E-state index contributed by atoms with van der Waals surface area (Å²) in [6.45, 7) is 1.02. The standard InChI is InChI=1S/C11H10N2O4/c1-8(14)17-7-9-6-12(15)10-4-2-3-5-11(10)13(9)16/h2-6H,7H2,1H3. The first-order chi connectivity index (χ1) is 8.09. The van der Waals surface area contributed by atoms with Crippen LogP contribution in [0.15, 0.2) is 30.5 Å². The number of aromatic nitrogens is 2. The minimum atomic E-state index is -0.504. The predicted octanol–water partition coefficient (Wildman–Crippen LogP) is 0.965. The van der Waals surface area contributed by atoms with Crippen molar-refractivity contribution in [3.05, 3.63) is 46.3 Å². The molecular weight excluding hydrogens is 224 g/mol. The van der Waals surface area contributed by atoms with Gasteiger partial charge in [-0.2, -0.15) is 0 Å². The molecule has 0 saturated heterocycles. The van der Waals surface area contributed by atoms with Crippen LogP contribution in [0.25, 0.3) is 11.0 Å². The number of benzene rings is 1. The van der Waals surface area contributed by atoms with E-state index in [0.29, 0.717) is 9.16 Å². The third-order valence-electron chi connectivity index (χ3n) is 2.29. The summed E-state index contributed by atoms with van der Waals surface area (Å²) in [6, 6.07) is 6.41. The number of fused-ring (bicyclic) bond motifs is 1. The van der Waals surface area contributed by atoms with Gasteiger partial charge in [0.2, 0.25) is 0 Å². The maximum Gasteiger partial charge on any atom is 0.303 e. The Morgan fingerprint density at radius 1 is 1.47 bits per heavy atom. The van der Waals surface area contributed by atoms with E-state index in [1.54, 1.807) is 18.2 Å². The zero-order valence-electron chi connectivity index (χ0n) is 9.12. The van der Waals surface area contributed by atoms with Crippen molar-refractivity contribution in [3.8, 4) is 0 Å². The van der Waals surface area contributed by atoms with Gasteiger partial charge in [-0.25, -0.2) is 0 Å². The number of esters is 1. The Labute approximate surface area is 96.2 Å². The fraction of sp³-hybridized carbons (Fsp3) is 0.182. The molecule has 0 bridgehead atoms. The van der Waals surface area contributed by atoms with Crippen LogP contribution in [0.4, 0.5) is 0 Å². The van der Waals surface area contributed by atoms with Crippen LogP contribution >= 0.6 is 0 Å². The molecule has 0 atom stereocenters. The van der Waals surface area contributed by atoms with Gasteiger partial charge in [0.15, 0.2) is 0 Å². The molecule has 6 nitrogen and oxygen atoms in total. The van der Waals surface area contributed by atoms with Crippen molar-refractivity contribution in [1.82, 2.24) is 4.73 Å². The molecule has 0 aliphatic rings. The molecular formula is C11H10N2O4. The maximum atomic E-state index is 11.9. The van der Waals surface area contributed by atoms with Crippen molar-refractivity contribution in [1.29, 1.82) is 0 Å². The van der Waals surface area contributed by atoms with E-state index >= 15 is 0 Å². The second-order valence-corrected chi connectivity index (χ2v) is 3.51. The SMILES string of the molecule is CC(=O)OCc1c[n+](=O)c2ccccc2n1[O-]. The lowest BCUT2D eigenvalue weighted by Gasteiger charge is -2.16. The third-order valence-corrected chi connectivity index (χ3v) is 2.29. The highest BCUT2D eigenvalue weighted by atomic mass is 16.5. The van der Waals surface area contributed by atoms with Crippen LogP contribution in [0.5, 0.6) is 0 Å². The Balaban J connectivity index is 2.55. The van der Waals surface area contributed by atoms with Crippen molar-refractivity contribution >= 4 is 17.0 Å². The molecule has 0 unspecified atom stereocenters. The summed E-state index contributed by atoms with van der Waals surface area (Å²) in [7, 11) is 0. The minimum absolute atomic E-state index is 0.0916. The van der Waals surface area contributed by atoms with Gasteiger partial charge in [-0.05, 0) is 6.07 Å². The van der Waals surface area contributed by atoms with E-state index in [2.05, 4.69) is 0 Å². The largest absolute Gasteiger partial charge is 0.805 e. The van der Waals surface area contributed by atoms with Crippen LogP contribution < -0.4 is 4.43 Å². The van der Waals surface area contributed by atoms with E-state index in [9.17, 15) is 14.9 Å². The Hall–Kier alpha value is -2.37. The Morgan fingerprint density at radius 3 is 2.88 bits per heavy atom. The highest BCUT2D eigenvalue weighted by Gasteiger charge is 2.11. The van der Waals surface area contributed by atoms with Crippen molar-refractivity contribution < 1.29 is 14.0 Å². The van der Waals surface area contributed by atoms with E-state index < -0.39 is 5.97 Å². The highest BCUT2D eigenvalue weighted by Crippen LogP contribution is 2.11. The molecule has 0 saturated carbocycles. The van der Waals surface area contributed by atoms with Gasteiger partial charge in [-0.3, -0.25) is 4.79 Å². The second-order valence-electron chi connectivity index (χ2n) is 3.51. The van der Waals surface area contributed by atoms with Crippen LogP contribution in [0.3, 0.4) is 0 Å². The highest BCUT2D eigenvalue weighted by molar-refractivity contribution is 5.71. The van der Waals surface area contributed by atoms with Gasteiger partial charge < -0.3 is 14.7 Å². The Kier molecular flexibility index (Phi) is 2.78. The number of ether oxygens (including phenoxy) is 1. The van der Waals surface area contributed by atoms with Gasteiger partial charge in [-0.15, -0.1) is 0 Å². The summed E-state index contributed by atoms with van der Waals surface area (Å²) in [5.41, 5.74) is 0.607. The number of para-hydroxylation sites is 2. The number of rotatable bonds is 2. The Bertz CT molecular complexity index is 633. The summed E-state index contributed by atoms with van der Waals surface area (Å²) in [4.78, 5) is 22.3. The molecule has 6 heteroatoms. The van der Waals surface area contributed by atoms with Crippen LogP contribution in [-0.2, 0) is 16.1 Å². The zero-order valence-corrected chi connectivity index (χ0v) is 9.12. The number of nitrogens with zero attached hydrogens (tertiary/aromatic N) is 2. The van der Waals surface area contributed by atoms with Crippen molar-refractivity contribution in [2.45, 2.75) is 13.5 Å². The fourth-order valence-corrected chi connectivity index (χ4v) is 1.51. The molecule has 88 valence electrons. The van der Waals surface area contributed by atoms with E-state index in [0.717, 1.165) is 6.20 Å². The molecule has 0 radical (unpaired) electrons. The van der Waals surface area contributed by atoms with Gasteiger partial charge in [-0.1, -0.05) is 12.1 Å². The van der Waals surface area contributed by atoms with E-state index in [1.165, 1.54) is 13.0 Å². The number of carbonyl (C=O) groups excluding carboxylic acids is 1. The summed E-state index contributed by atoms with van der Waals surface area (Å²) in [5, 5.41) is 11.9. The molecule has 1 heterocycles. The molecule has 1 aromatic heterocycles. The van der Waals surface area contributed by atoms with Gasteiger partial charge >= 0.3 is 5.97 Å². The number of hydrogen-bond acceptors (Lipinski definition) is 4. The van der Waals surface area contributed by atoms with Gasteiger partial charge in [0.1, 0.15) is 17.8 Å². The smallest absolute Gasteiger partial charge is 0.303 e. The van der Waals surface area contributed by atoms with Crippen molar-refractivity contribution in [2.75, 3.05) is 0 Å². The zero-order chi connectivity index (χ0) is 12.4. The van der Waals surface area contributed by atoms with Crippen LogP contribution in [0.2, 0.25) is 0 Å². The molecule has 17 heavy (non-hydrogen) atoms. The fourth-order valence-electron chi connectivity index (χ4n) is 1.51. The van der Waals surface area contributed by atoms with Crippen LogP contribution in [0.1, 0.15) is 12.6 Å². The van der Waals surface area contributed by atoms with Gasteiger partial charge in [0.25, 0.3) is 11.7 Å². The first-order valence-electron chi connectivity index (χ1n) is 4.96. The minimum Gasteiger partial charge on any atom is -0.805 e. The van der Waals surface area contributed by atoms with Gasteiger partial charge in [0.05, 0.1) is 4.43 Å². The first kappa shape index (κ1) is 11.1.